The summed E-state index contributed by atoms with van der Waals surface area (Å²) in [4.78, 5) is 33.0. The largest absolute Gasteiger partial charge is 0.459 e. The van der Waals surface area contributed by atoms with Crippen molar-refractivity contribution >= 4 is 44.9 Å². The number of anilines is 2. The van der Waals surface area contributed by atoms with Crippen molar-refractivity contribution in [1.29, 1.82) is 0 Å². The van der Waals surface area contributed by atoms with E-state index in [0.717, 1.165) is 22.4 Å². The number of aromatic nitrogens is 2. The Morgan fingerprint density at radius 3 is 2.48 bits per heavy atom. The van der Waals surface area contributed by atoms with Gasteiger partial charge < -0.3 is 20.0 Å². The second-order valence-corrected chi connectivity index (χ2v) is 7.81. The van der Waals surface area contributed by atoms with Gasteiger partial charge in [-0.25, -0.2) is 4.98 Å². The standard InChI is InChI=1S/C23H16N4O3S/c28-22(18-6-3-13-30-18)27-20-12-11-19(31-20)23(29)24-15-9-7-14(8-10-15)21-25-16-4-1-2-5-17(16)26-21/h1-13H,(H,24,29)(H,25,26)(H,27,28). The molecule has 0 saturated heterocycles. The van der Waals surface area contributed by atoms with Gasteiger partial charge in [-0.1, -0.05) is 12.1 Å². The normalized spacial score (nSPS) is 10.8. The molecule has 0 unspecified atom stereocenters. The van der Waals surface area contributed by atoms with E-state index in [1.807, 2.05) is 48.5 Å². The lowest BCUT2D eigenvalue weighted by molar-refractivity contribution is 0.0995. The average Bonchev–Trinajstić information content (AvgIpc) is 3.54. The number of H-pyrrole nitrogens is 1. The van der Waals surface area contributed by atoms with Crippen LogP contribution in [0.25, 0.3) is 22.4 Å². The molecule has 3 heterocycles. The van der Waals surface area contributed by atoms with E-state index in [-0.39, 0.29) is 17.6 Å². The Balaban J connectivity index is 1.25. The molecule has 5 rings (SSSR count). The van der Waals surface area contributed by atoms with E-state index in [9.17, 15) is 9.59 Å². The fraction of sp³-hybridized carbons (Fsp3) is 0. The first-order valence-electron chi connectivity index (χ1n) is 9.47. The second-order valence-electron chi connectivity index (χ2n) is 6.73. The zero-order chi connectivity index (χ0) is 21.2. The highest BCUT2D eigenvalue weighted by atomic mass is 32.1. The molecule has 0 aliphatic carbocycles. The first-order valence-corrected chi connectivity index (χ1v) is 10.3. The first-order chi connectivity index (χ1) is 15.2. The maximum atomic E-state index is 12.6. The van der Waals surface area contributed by atoms with E-state index in [4.69, 9.17) is 4.42 Å². The molecule has 0 atom stereocenters. The third-order valence-corrected chi connectivity index (χ3v) is 5.62. The van der Waals surface area contributed by atoms with Crippen molar-refractivity contribution < 1.29 is 14.0 Å². The zero-order valence-electron chi connectivity index (χ0n) is 16.1. The molecule has 152 valence electrons. The molecule has 2 aromatic carbocycles. The number of imidazole rings is 1. The highest BCUT2D eigenvalue weighted by molar-refractivity contribution is 7.18. The number of thiophene rings is 1. The number of nitrogens with zero attached hydrogens (tertiary/aromatic N) is 1. The molecule has 0 radical (unpaired) electrons. The summed E-state index contributed by atoms with van der Waals surface area (Å²) in [6.07, 6.45) is 1.43. The van der Waals surface area contributed by atoms with Gasteiger partial charge in [0, 0.05) is 11.3 Å². The quantitative estimate of drug-likeness (QED) is 0.349. The van der Waals surface area contributed by atoms with Crippen LogP contribution in [0.1, 0.15) is 20.2 Å². The van der Waals surface area contributed by atoms with Crippen molar-refractivity contribution in [2.24, 2.45) is 0 Å². The Kier molecular flexibility index (Phi) is 4.81. The van der Waals surface area contributed by atoms with Gasteiger partial charge in [0.1, 0.15) is 5.82 Å². The summed E-state index contributed by atoms with van der Waals surface area (Å²) < 4.78 is 5.07. The number of amides is 2. The number of carbonyl (C=O) groups excluding carboxylic acids is 2. The van der Waals surface area contributed by atoms with Crippen molar-refractivity contribution in [3.05, 3.63) is 89.7 Å². The van der Waals surface area contributed by atoms with Crippen LogP contribution in [0.4, 0.5) is 10.7 Å². The molecule has 0 bridgehead atoms. The summed E-state index contributed by atoms with van der Waals surface area (Å²) >= 11 is 1.19. The number of benzene rings is 2. The van der Waals surface area contributed by atoms with E-state index >= 15 is 0 Å². The summed E-state index contributed by atoms with van der Waals surface area (Å²) in [6.45, 7) is 0. The predicted octanol–water partition coefficient (Wildman–Crippen LogP) is 5.39. The predicted molar refractivity (Wildman–Crippen MR) is 120 cm³/mol. The number of hydrogen-bond donors (Lipinski definition) is 3. The summed E-state index contributed by atoms with van der Waals surface area (Å²) in [7, 11) is 0. The Hall–Kier alpha value is -4.17. The van der Waals surface area contributed by atoms with E-state index < -0.39 is 0 Å². The van der Waals surface area contributed by atoms with Gasteiger partial charge >= 0.3 is 0 Å². The molecule has 8 heteroatoms. The van der Waals surface area contributed by atoms with Crippen molar-refractivity contribution in [3.63, 3.8) is 0 Å². The van der Waals surface area contributed by atoms with E-state index in [0.29, 0.717) is 15.6 Å². The van der Waals surface area contributed by atoms with E-state index in [2.05, 4.69) is 20.6 Å². The second kappa shape index (κ2) is 7.92. The smallest absolute Gasteiger partial charge is 0.291 e. The maximum absolute atomic E-state index is 12.6. The van der Waals surface area contributed by atoms with Gasteiger partial charge in [-0.05, 0) is 60.7 Å². The molecule has 0 aliphatic heterocycles. The van der Waals surface area contributed by atoms with Crippen LogP contribution in [-0.2, 0) is 0 Å². The average molecular weight is 428 g/mol. The Morgan fingerprint density at radius 2 is 1.71 bits per heavy atom. The number of hydrogen-bond acceptors (Lipinski definition) is 5. The highest BCUT2D eigenvalue weighted by Gasteiger charge is 2.14. The minimum Gasteiger partial charge on any atom is -0.459 e. The first kappa shape index (κ1) is 18.8. The van der Waals surface area contributed by atoms with Crippen molar-refractivity contribution in [2.75, 3.05) is 10.6 Å². The number of aromatic amines is 1. The molecular weight excluding hydrogens is 412 g/mol. The van der Waals surface area contributed by atoms with Gasteiger partial charge in [0.25, 0.3) is 11.8 Å². The third kappa shape index (κ3) is 3.96. The fourth-order valence-corrected chi connectivity index (χ4v) is 3.90. The number of furan rings is 1. The van der Waals surface area contributed by atoms with Gasteiger partial charge in [0.05, 0.1) is 27.2 Å². The summed E-state index contributed by atoms with van der Waals surface area (Å²) in [6, 6.07) is 21.9. The van der Waals surface area contributed by atoms with Crippen molar-refractivity contribution in [3.8, 4) is 11.4 Å². The lowest BCUT2D eigenvalue weighted by Crippen LogP contribution is -2.10. The number of para-hydroxylation sites is 2. The topological polar surface area (TPSA) is 100 Å². The van der Waals surface area contributed by atoms with Crippen LogP contribution in [0.5, 0.6) is 0 Å². The van der Waals surface area contributed by atoms with Gasteiger partial charge in [-0.15, -0.1) is 11.3 Å². The Morgan fingerprint density at radius 1 is 0.871 bits per heavy atom. The van der Waals surface area contributed by atoms with Crippen LogP contribution >= 0.6 is 11.3 Å². The number of rotatable bonds is 5. The van der Waals surface area contributed by atoms with E-state index in [1.54, 1.807) is 24.3 Å². The molecular formula is C23H16N4O3S. The van der Waals surface area contributed by atoms with Crippen LogP contribution in [0, 0.1) is 0 Å². The zero-order valence-corrected chi connectivity index (χ0v) is 16.9. The molecule has 3 N–H and O–H groups in total. The Bertz CT molecular complexity index is 1330. The Labute approximate surface area is 180 Å². The van der Waals surface area contributed by atoms with Crippen LogP contribution in [0.2, 0.25) is 0 Å². The number of fused-ring (bicyclic) bond motifs is 1. The fourth-order valence-electron chi connectivity index (χ4n) is 3.10. The lowest BCUT2D eigenvalue weighted by atomic mass is 10.2. The molecule has 0 spiro atoms. The minimum absolute atomic E-state index is 0.212. The maximum Gasteiger partial charge on any atom is 0.291 e. The molecule has 0 fully saturated rings. The minimum atomic E-state index is -0.361. The van der Waals surface area contributed by atoms with Gasteiger partial charge in [0.15, 0.2) is 5.76 Å². The summed E-state index contributed by atoms with van der Waals surface area (Å²) in [5.74, 6) is 0.373. The van der Waals surface area contributed by atoms with Gasteiger partial charge in [0.2, 0.25) is 0 Å². The molecule has 0 saturated carbocycles. The molecule has 0 aliphatic rings. The summed E-state index contributed by atoms with van der Waals surface area (Å²) in [5.41, 5.74) is 3.47. The summed E-state index contributed by atoms with van der Waals surface area (Å²) in [5, 5.41) is 6.14. The molecule has 31 heavy (non-hydrogen) atoms. The molecule has 7 nitrogen and oxygen atoms in total. The molecule has 5 aromatic rings. The van der Waals surface area contributed by atoms with Gasteiger partial charge in [-0.3, -0.25) is 9.59 Å². The van der Waals surface area contributed by atoms with Crippen LogP contribution in [-0.4, -0.2) is 21.8 Å². The monoisotopic (exact) mass is 428 g/mol. The highest BCUT2D eigenvalue weighted by Crippen LogP contribution is 2.25. The van der Waals surface area contributed by atoms with Crippen molar-refractivity contribution in [1.82, 2.24) is 9.97 Å². The van der Waals surface area contributed by atoms with Gasteiger partial charge in [-0.2, -0.15) is 0 Å². The van der Waals surface area contributed by atoms with Crippen LogP contribution in [0.3, 0.4) is 0 Å². The molecule has 2 amide bonds. The number of nitrogens with one attached hydrogen (secondary N) is 3. The molecule has 3 aromatic heterocycles. The van der Waals surface area contributed by atoms with E-state index in [1.165, 1.54) is 17.6 Å². The number of carbonyl (C=O) groups is 2. The third-order valence-electron chi connectivity index (χ3n) is 4.62. The van der Waals surface area contributed by atoms with Crippen LogP contribution < -0.4 is 10.6 Å². The lowest BCUT2D eigenvalue weighted by Gasteiger charge is -2.04. The van der Waals surface area contributed by atoms with Crippen LogP contribution in [0.15, 0.2) is 83.5 Å². The van der Waals surface area contributed by atoms with Crippen molar-refractivity contribution in [2.45, 2.75) is 0 Å². The SMILES string of the molecule is O=C(Nc1ccc(C(=O)Nc2ccc(-c3nc4ccccc4[nH]3)cc2)s1)c1ccco1.